The van der Waals surface area contributed by atoms with Gasteiger partial charge in [0.1, 0.15) is 0 Å². The second-order valence-corrected chi connectivity index (χ2v) is 3.89. The third kappa shape index (κ3) is 4.34. The maximum Gasteiger partial charge on any atom is 0.224 e. The lowest BCUT2D eigenvalue weighted by Gasteiger charge is -2.08. The second-order valence-electron chi connectivity index (χ2n) is 3.58. The zero-order valence-electron chi connectivity index (χ0n) is 8.87. The molecule has 0 fully saturated rings. The summed E-state index contributed by atoms with van der Waals surface area (Å²) in [7, 11) is 0. The number of amides is 1. The average molecular weight is 226 g/mol. The summed E-state index contributed by atoms with van der Waals surface area (Å²) in [6.07, 6.45) is 0.863. The molecule has 0 spiro atoms. The third-order valence-corrected chi connectivity index (χ3v) is 2.70. The third-order valence-electron chi connectivity index (χ3n) is 2.23. The molecule has 1 rings (SSSR count). The molecule has 0 radical (unpaired) electrons. The number of rotatable bonds is 5. The highest BCUT2D eigenvalue weighted by Crippen LogP contribution is 2.00. The summed E-state index contributed by atoms with van der Waals surface area (Å²) in [6, 6.07) is 10.1. The van der Waals surface area contributed by atoms with E-state index in [-0.39, 0.29) is 11.8 Å². The Kier molecular flexibility index (Phi) is 5.19. The Hall–Kier alpha value is -1.02. The van der Waals surface area contributed by atoms with Crippen LogP contribution in [0.5, 0.6) is 0 Å². The van der Waals surface area contributed by atoms with Crippen molar-refractivity contribution in [2.75, 3.05) is 12.4 Å². The molecule has 1 atom stereocenters. The molecule has 1 aromatic rings. The number of benzene rings is 1. The quantitative estimate of drug-likeness (QED) is 0.765. The maximum atomic E-state index is 11.4. The Balaban J connectivity index is 2.25. The van der Waals surface area contributed by atoms with Crippen molar-refractivity contribution in [3.63, 3.8) is 0 Å². The maximum absolute atomic E-state index is 11.4. The van der Waals surface area contributed by atoms with Crippen molar-refractivity contribution in [3.8, 4) is 0 Å². The normalized spacial score (nSPS) is 12.1. The van der Waals surface area contributed by atoms with E-state index in [2.05, 4.69) is 17.4 Å². The molecular weight excluding hydrogens is 210 g/mol. The first-order valence-electron chi connectivity index (χ1n) is 5.11. The Morgan fingerprint density at radius 3 is 2.67 bits per heavy atom. The molecule has 1 N–H and O–H groups in total. The Morgan fingerprint density at radius 1 is 1.40 bits per heavy atom. The molecule has 0 aliphatic carbocycles. The van der Waals surface area contributed by atoms with E-state index in [9.17, 15) is 4.79 Å². The number of nitrogens with one attached hydrogen (secondary N) is 1. The van der Waals surface area contributed by atoms with E-state index in [0.29, 0.717) is 12.4 Å². The number of carbonyl (C=O) groups is 1. The van der Waals surface area contributed by atoms with Crippen molar-refractivity contribution >= 4 is 17.5 Å². The molecule has 0 aromatic heterocycles. The van der Waals surface area contributed by atoms with E-state index in [1.807, 2.05) is 25.1 Å². The van der Waals surface area contributed by atoms with Gasteiger partial charge in [0.05, 0.1) is 0 Å². The van der Waals surface area contributed by atoms with Crippen LogP contribution in [0.15, 0.2) is 30.3 Å². The minimum Gasteiger partial charge on any atom is -0.356 e. The molecule has 0 aliphatic heterocycles. The first kappa shape index (κ1) is 12.1. The largest absolute Gasteiger partial charge is 0.356 e. The summed E-state index contributed by atoms with van der Waals surface area (Å²) in [6.45, 7) is 2.49. The van der Waals surface area contributed by atoms with E-state index in [4.69, 9.17) is 11.6 Å². The molecule has 15 heavy (non-hydrogen) atoms. The molecule has 2 nitrogen and oxygen atoms in total. The standard InChI is InChI=1S/C12H16ClNO/c1-10(9-13)12(15)14-8-7-11-5-3-2-4-6-11/h2-6,10H,7-9H2,1H3,(H,14,15). The Bertz CT molecular complexity index is 300. The number of halogens is 1. The van der Waals surface area contributed by atoms with Crippen LogP contribution >= 0.6 is 11.6 Å². The van der Waals surface area contributed by atoms with Crippen molar-refractivity contribution in [2.45, 2.75) is 13.3 Å². The molecular formula is C12H16ClNO. The van der Waals surface area contributed by atoms with Crippen molar-refractivity contribution < 1.29 is 4.79 Å². The monoisotopic (exact) mass is 225 g/mol. The minimum atomic E-state index is -0.109. The highest BCUT2D eigenvalue weighted by atomic mass is 35.5. The van der Waals surface area contributed by atoms with Crippen LogP contribution < -0.4 is 5.32 Å². The van der Waals surface area contributed by atoms with Crippen molar-refractivity contribution in [1.29, 1.82) is 0 Å². The second kappa shape index (κ2) is 6.46. The zero-order valence-corrected chi connectivity index (χ0v) is 9.63. The number of carbonyl (C=O) groups excluding carboxylic acids is 1. The van der Waals surface area contributed by atoms with E-state index in [1.165, 1.54) is 5.56 Å². The molecule has 0 bridgehead atoms. The van der Waals surface area contributed by atoms with Gasteiger partial charge in [0.2, 0.25) is 5.91 Å². The van der Waals surface area contributed by atoms with Crippen LogP contribution in [0.3, 0.4) is 0 Å². The molecule has 0 heterocycles. The summed E-state index contributed by atoms with van der Waals surface area (Å²) in [4.78, 5) is 11.4. The van der Waals surface area contributed by atoms with Crippen molar-refractivity contribution in [3.05, 3.63) is 35.9 Å². The fourth-order valence-electron chi connectivity index (χ4n) is 1.22. The molecule has 1 unspecified atom stereocenters. The van der Waals surface area contributed by atoms with E-state index in [1.54, 1.807) is 0 Å². The van der Waals surface area contributed by atoms with Crippen LogP contribution in [0.25, 0.3) is 0 Å². The topological polar surface area (TPSA) is 29.1 Å². The van der Waals surface area contributed by atoms with Crippen LogP contribution in [0.4, 0.5) is 0 Å². The zero-order chi connectivity index (χ0) is 11.1. The van der Waals surface area contributed by atoms with Gasteiger partial charge < -0.3 is 5.32 Å². The highest BCUT2D eigenvalue weighted by Gasteiger charge is 2.09. The number of alkyl halides is 1. The molecule has 0 saturated carbocycles. The first-order chi connectivity index (χ1) is 7.24. The Morgan fingerprint density at radius 2 is 2.07 bits per heavy atom. The lowest BCUT2D eigenvalue weighted by atomic mass is 10.1. The van der Waals surface area contributed by atoms with Crippen LogP contribution in [0.1, 0.15) is 12.5 Å². The van der Waals surface area contributed by atoms with Crippen LogP contribution in [-0.2, 0) is 11.2 Å². The summed E-state index contributed by atoms with van der Waals surface area (Å²) < 4.78 is 0. The van der Waals surface area contributed by atoms with Gasteiger partial charge in [0.25, 0.3) is 0 Å². The summed E-state index contributed by atoms with van der Waals surface area (Å²) in [5.41, 5.74) is 1.23. The Labute approximate surface area is 95.6 Å². The van der Waals surface area contributed by atoms with E-state index < -0.39 is 0 Å². The van der Waals surface area contributed by atoms with Gasteiger partial charge in [-0.15, -0.1) is 11.6 Å². The van der Waals surface area contributed by atoms with Gasteiger partial charge in [-0.3, -0.25) is 4.79 Å². The summed E-state index contributed by atoms with van der Waals surface area (Å²) >= 11 is 5.58. The smallest absolute Gasteiger partial charge is 0.224 e. The average Bonchev–Trinajstić information content (AvgIpc) is 2.29. The van der Waals surface area contributed by atoms with Gasteiger partial charge in [-0.1, -0.05) is 37.3 Å². The number of hydrogen-bond donors (Lipinski definition) is 1. The predicted octanol–water partition coefficient (Wildman–Crippen LogP) is 2.22. The van der Waals surface area contributed by atoms with E-state index >= 15 is 0 Å². The molecule has 1 amide bonds. The van der Waals surface area contributed by atoms with Crippen LogP contribution in [-0.4, -0.2) is 18.3 Å². The van der Waals surface area contributed by atoms with E-state index in [0.717, 1.165) is 6.42 Å². The lowest BCUT2D eigenvalue weighted by molar-refractivity contribution is -0.123. The summed E-state index contributed by atoms with van der Waals surface area (Å²) in [5, 5.41) is 2.86. The lowest BCUT2D eigenvalue weighted by Crippen LogP contribution is -2.31. The molecule has 1 aromatic carbocycles. The van der Waals surface area contributed by atoms with Gasteiger partial charge in [0, 0.05) is 18.3 Å². The SMILES string of the molecule is CC(CCl)C(=O)NCCc1ccccc1. The van der Waals surface area contributed by atoms with Gasteiger partial charge in [0.15, 0.2) is 0 Å². The fourth-order valence-corrected chi connectivity index (χ4v) is 1.36. The van der Waals surface area contributed by atoms with Gasteiger partial charge in [-0.2, -0.15) is 0 Å². The van der Waals surface area contributed by atoms with Gasteiger partial charge in [-0.25, -0.2) is 0 Å². The molecule has 82 valence electrons. The fraction of sp³-hybridized carbons (Fsp3) is 0.417. The van der Waals surface area contributed by atoms with Gasteiger partial charge in [-0.05, 0) is 12.0 Å². The van der Waals surface area contributed by atoms with Crippen molar-refractivity contribution in [2.24, 2.45) is 5.92 Å². The summed E-state index contributed by atoms with van der Waals surface area (Å²) in [5.74, 6) is 0.292. The first-order valence-corrected chi connectivity index (χ1v) is 5.65. The minimum absolute atomic E-state index is 0.0286. The predicted molar refractivity (Wildman–Crippen MR) is 63.0 cm³/mol. The van der Waals surface area contributed by atoms with Crippen LogP contribution in [0, 0.1) is 5.92 Å². The molecule has 3 heteroatoms. The number of hydrogen-bond acceptors (Lipinski definition) is 1. The highest BCUT2D eigenvalue weighted by molar-refractivity contribution is 6.19. The molecule has 0 aliphatic rings. The van der Waals surface area contributed by atoms with Crippen molar-refractivity contribution in [1.82, 2.24) is 5.32 Å². The van der Waals surface area contributed by atoms with Crippen LogP contribution in [0.2, 0.25) is 0 Å². The molecule has 0 saturated heterocycles. The van der Waals surface area contributed by atoms with Gasteiger partial charge >= 0.3 is 0 Å².